The zero-order chi connectivity index (χ0) is 18.5. The van der Waals surface area contributed by atoms with E-state index in [-0.39, 0.29) is 11.8 Å². The largest absolute Gasteiger partial charge is 0.497 e. The van der Waals surface area contributed by atoms with E-state index in [1.165, 1.54) is 0 Å². The van der Waals surface area contributed by atoms with Crippen molar-refractivity contribution in [3.63, 3.8) is 0 Å². The summed E-state index contributed by atoms with van der Waals surface area (Å²) >= 11 is 1.58. The van der Waals surface area contributed by atoms with Crippen LogP contribution in [-0.4, -0.2) is 59.9 Å². The number of aromatic nitrogens is 1. The van der Waals surface area contributed by atoms with E-state index in [0.29, 0.717) is 39.0 Å². The van der Waals surface area contributed by atoms with E-state index in [4.69, 9.17) is 4.74 Å². The van der Waals surface area contributed by atoms with E-state index in [1.807, 2.05) is 34.5 Å². The lowest BCUT2D eigenvalue weighted by Gasteiger charge is -2.34. The van der Waals surface area contributed by atoms with Gasteiger partial charge in [0, 0.05) is 50.5 Å². The Bertz CT molecular complexity index is 782. The highest BCUT2D eigenvalue weighted by atomic mass is 32.1. The number of carbonyl (C=O) groups is 2. The van der Waals surface area contributed by atoms with Gasteiger partial charge >= 0.3 is 0 Å². The SMILES string of the molecule is COc1cccc(-c2nc(CCC(=O)N3CCN(C(C)=O)CC3)cs2)c1. The number of amides is 2. The van der Waals surface area contributed by atoms with E-state index >= 15 is 0 Å². The van der Waals surface area contributed by atoms with Gasteiger partial charge in [0.15, 0.2) is 0 Å². The molecule has 1 fully saturated rings. The predicted molar refractivity (Wildman–Crippen MR) is 101 cm³/mol. The number of rotatable bonds is 5. The Labute approximate surface area is 157 Å². The van der Waals surface area contributed by atoms with Crippen LogP contribution >= 0.6 is 11.3 Å². The Morgan fingerprint density at radius 2 is 1.92 bits per heavy atom. The highest BCUT2D eigenvalue weighted by molar-refractivity contribution is 7.13. The highest BCUT2D eigenvalue weighted by Gasteiger charge is 2.22. The van der Waals surface area contributed by atoms with Crippen LogP contribution in [0, 0.1) is 0 Å². The average Bonchev–Trinajstić information content (AvgIpc) is 3.15. The summed E-state index contributed by atoms with van der Waals surface area (Å²) in [6.07, 6.45) is 1.08. The summed E-state index contributed by atoms with van der Waals surface area (Å²) in [4.78, 5) is 32.0. The van der Waals surface area contributed by atoms with Gasteiger partial charge in [-0.25, -0.2) is 4.98 Å². The van der Waals surface area contributed by atoms with Gasteiger partial charge in [-0.1, -0.05) is 12.1 Å². The van der Waals surface area contributed by atoms with Gasteiger partial charge in [-0.15, -0.1) is 11.3 Å². The summed E-state index contributed by atoms with van der Waals surface area (Å²) in [5.74, 6) is 1.01. The van der Waals surface area contributed by atoms with Crippen LogP contribution in [0.25, 0.3) is 10.6 Å². The maximum Gasteiger partial charge on any atom is 0.223 e. The van der Waals surface area contributed by atoms with Gasteiger partial charge in [-0.05, 0) is 18.6 Å². The number of methoxy groups -OCH3 is 1. The van der Waals surface area contributed by atoms with Crippen LogP contribution in [0.2, 0.25) is 0 Å². The zero-order valence-corrected chi connectivity index (χ0v) is 15.9. The summed E-state index contributed by atoms with van der Waals surface area (Å²) in [5, 5.41) is 2.94. The Morgan fingerprint density at radius 1 is 1.19 bits per heavy atom. The van der Waals surface area contributed by atoms with E-state index in [2.05, 4.69) is 4.98 Å². The molecule has 0 unspecified atom stereocenters. The number of nitrogens with zero attached hydrogens (tertiary/aromatic N) is 3. The smallest absolute Gasteiger partial charge is 0.223 e. The predicted octanol–water partition coefficient (Wildman–Crippen LogP) is 2.44. The molecule has 2 aromatic rings. The number of hydrogen-bond donors (Lipinski definition) is 0. The van der Waals surface area contributed by atoms with Crippen molar-refractivity contribution < 1.29 is 14.3 Å². The van der Waals surface area contributed by atoms with Crippen LogP contribution in [-0.2, 0) is 16.0 Å². The molecular weight excluding hydrogens is 350 g/mol. The standard InChI is InChI=1S/C19H23N3O3S/c1-14(23)21-8-10-22(11-9-21)18(24)7-6-16-13-26-19(20-16)15-4-3-5-17(12-15)25-2/h3-5,12-13H,6-11H2,1-2H3. The second-order valence-electron chi connectivity index (χ2n) is 6.26. The minimum atomic E-state index is 0.0737. The minimum absolute atomic E-state index is 0.0737. The van der Waals surface area contributed by atoms with Crippen LogP contribution in [0.15, 0.2) is 29.6 Å². The number of benzene rings is 1. The van der Waals surface area contributed by atoms with Crippen molar-refractivity contribution >= 4 is 23.2 Å². The first-order valence-electron chi connectivity index (χ1n) is 8.69. The molecule has 1 aliphatic heterocycles. The van der Waals surface area contributed by atoms with Crippen molar-refractivity contribution in [2.45, 2.75) is 19.8 Å². The molecular formula is C19H23N3O3S. The summed E-state index contributed by atoms with van der Waals surface area (Å²) < 4.78 is 5.25. The van der Waals surface area contributed by atoms with Crippen molar-refractivity contribution in [2.75, 3.05) is 33.3 Å². The Kier molecular flexibility index (Phi) is 5.88. The number of carbonyl (C=O) groups excluding carboxylic acids is 2. The topological polar surface area (TPSA) is 62.7 Å². The molecule has 1 aliphatic rings. The second kappa shape index (κ2) is 8.31. The van der Waals surface area contributed by atoms with Gasteiger partial charge in [0.05, 0.1) is 12.8 Å². The molecule has 0 atom stereocenters. The monoisotopic (exact) mass is 373 g/mol. The lowest BCUT2D eigenvalue weighted by molar-refractivity contribution is -0.138. The molecule has 1 saturated heterocycles. The van der Waals surface area contributed by atoms with E-state index < -0.39 is 0 Å². The summed E-state index contributed by atoms with van der Waals surface area (Å²) in [7, 11) is 1.65. The van der Waals surface area contributed by atoms with Gasteiger partial charge in [0.2, 0.25) is 11.8 Å². The molecule has 0 spiro atoms. The molecule has 3 rings (SSSR count). The number of piperazine rings is 1. The quantitative estimate of drug-likeness (QED) is 0.808. The molecule has 0 radical (unpaired) electrons. The molecule has 2 amide bonds. The van der Waals surface area contributed by atoms with Crippen LogP contribution < -0.4 is 4.74 Å². The molecule has 0 N–H and O–H groups in total. The van der Waals surface area contributed by atoms with Crippen LogP contribution in [0.1, 0.15) is 19.0 Å². The van der Waals surface area contributed by atoms with E-state index in [1.54, 1.807) is 30.3 Å². The minimum Gasteiger partial charge on any atom is -0.497 e. The van der Waals surface area contributed by atoms with Crippen molar-refractivity contribution in [1.29, 1.82) is 0 Å². The third-order valence-corrected chi connectivity index (χ3v) is 5.48. The molecule has 7 heteroatoms. The maximum absolute atomic E-state index is 12.4. The fourth-order valence-electron chi connectivity index (χ4n) is 2.97. The van der Waals surface area contributed by atoms with Crippen LogP contribution in [0.5, 0.6) is 5.75 Å². The van der Waals surface area contributed by atoms with Crippen LogP contribution in [0.3, 0.4) is 0 Å². The fourth-order valence-corrected chi connectivity index (χ4v) is 3.83. The molecule has 2 heterocycles. The number of hydrogen-bond acceptors (Lipinski definition) is 5. The molecule has 0 saturated carbocycles. The Morgan fingerprint density at radius 3 is 2.62 bits per heavy atom. The molecule has 138 valence electrons. The van der Waals surface area contributed by atoms with Gasteiger partial charge < -0.3 is 14.5 Å². The van der Waals surface area contributed by atoms with Gasteiger partial charge in [-0.2, -0.15) is 0 Å². The van der Waals surface area contributed by atoms with Gasteiger partial charge in [0.1, 0.15) is 10.8 Å². The van der Waals surface area contributed by atoms with Crippen LogP contribution in [0.4, 0.5) is 0 Å². The molecule has 6 nitrogen and oxygen atoms in total. The maximum atomic E-state index is 12.4. The zero-order valence-electron chi connectivity index (χ0n) is 15.1. The number of ether oxygens (including phenoxy) is 1. The fraction of sp³-hybridized carbons (Fsp3) is 0.421. The second-order valence-corrected chi connectivity index (χ2v) is 7.12. The normalized spacial score (nSPS) is 14.4. The van der Waals surface area contributed by atoms with Crippen molar-refractivity contribution in [3.8, 4) is 16.3 Å². The number of aryl methyl sites for hydroxylation is 1. The highest BCUT2D eigenvalue weighted by Crippen LogP contribution is 2.27. The summed E-state index contributed by atoms with van der Waals surface area (Å²) in [5.41, 5.74) is 1.95. The molecule has 26 heavy (non-hydrogen) atoms. The van der Waals surface area contributed by atoms with Gasteiger partial charge in [-0.3, -0.25) is 9.59 Å². The van der Waals surface area contributed by atoms with Crippen molar-refractivity contribution in [2.24, 2.45) is 0 Å². The molecule has 1 aromatic heterocycles. The average molecular weight is 373 g/mol. The lowest BCUT2D eigenvalue weighted by Crippen LogP contribution is -2.50. The number of thiazole rings is 1. The van der Waals surface area contributed by atoms with Gasteiger partial charge in [0.25, 0.3) is 0 Å². The first-order valence-corrected chi connectivity index (χ1v) is 9.57. The third-order valence-electron chi connectivity index (χ3n) is 4.54. The van der Waals surface area contributed by atoms with Crippen molar-refractivity contribution in [3.05, 3.63) is 35.3 Å². The Hall–Kier alpha value is -2.41. The first kappa shape index (κ1) is 18.4. The lowest BCUT2D eigenvalue weighted by atomic mass is 10.2. The third kappa shape index (κ3) is 4.40. The van der Waals surface area contributed by atoms with Crippen molar-refractivity contribution in [1.82, 2.24) is 14.8 Å². The summed E-state index contributed by atoms with van der Waals surface area (Å²) in [6.45, 7) is 4.05. The molecule has 0 bridgehead atoms. The molecule has 0 aliphatic carbocycles. The van der Waals surface area contributed by atoms with E-state index in [0.717, 1.165) is 22.0 Å². The van der Waals surface area contributed by atoms with E-state index in [9.17, 15) is 9.59 Å². The molecule has 1 aromatic carbocycles. The first-order chi connectivity index (χ1) is 12.6. The summed E-state index contributed by atoms with van der Waals surface area (Å²) in [6, 6.07) is 7.81. The Balaban J connectivity index is 1.53.